The number of guanidine groups is 1. The number of carbonyl (C=O) groups excluding carboxylic acids is 1. The molecule has 1 unspecified atom stereocenters. The largest absolute Gasteiger partial charge is 0.357 e. The third-order valence-electron chi connectivity index (χ3n) is 3.89. The lowest BCUT2D eigenvalue weighted by atomic mass is 9.79. The second kappa shape index (κ2) is 6.48. The number of nitrogens with zero attached hydrogens (tertiary/aromatic N) is 2. The van der Waals surface area contributed by atoms with Crippen molar-refractivity contribution in [3.05, 3.63) is 11.6 Å². The van der Waals surface area contributed by atoms with E-state index in [1.165, 1.54) is 0 Å². The number of hydrogen-bond acceptors (Lipinski definition) is 2. The fourth-order valence-electron chi connectivity index (χ4n) is 3.02. The lowest BCUT2D eigenvalue weighted by Crippen LogP contribution is -2.51. The summed E-state index contributed by atoms with van der Waals surface area (Å²) in [6.07, 6.45) is 2.82. The van der Waals surface area contributed by atoms with E-state index in [0.717, 1.165) is 45.0 Å². The third kappa shape index (κ3) is 3.66. The molecule has 0 aliphatic carbocycles. The van der Waals surface area contributed by atoms with Crippen molar-refractivity contribution >= 4 is 23.5 Å². The SMILES string of the molecule is C=C(Cl)CN=C(NCC)N1CCCC2(CNC(=O)C2)C1. The average molecular weight is 299 g/mol. The lowest BCUT2D eigenvalue weighted by Gasteiger charge is -2.40. The molecule has 6 heteroatoms. The van der Waals surface area contributed by atoms with Crippen molar-refractivity contribution in [2.24, 2.45) is 10.4 Å². The summed E-state index contributed by atoms with van der Waals surface area (Å²) in [7, 11) is 0. The van der Waals surface area contributed by atoms with Crippen LogP contribution in [0.2, 0.25) is 0 Å². The second-order valence-electron chi connectivity index (χ2n) is 5.67. The number of piperidine rings is 1. The molecule has 0 aromatic heterocycles. The van der Waals surface area contributed by atoms with Gasteiger partial charge in [-0.3, -0.25) is 4.79 Å². The van der Waals surface area contributed by atoms with E-state index in [1.807, 2.05) is 6.92 Å². The van der Waals surface area contributed by atoms with Crippen LogP contribution in [0.5, 0.6) is 0 Å². The Morgan fingerprint density at radius 3 is 3.05 bits per heavy atom. The first-order chi connectivity index (χ1) is 9.54. The summed E-state index contributed by atoms with van der Waals surface area (Å²) in [6, 6.07) is 0. The highest BCUT2D eigenvalue weighted by atomic mass is 35.5. The average Bonchev–Trinajstić information content (AvgIpc) is 2.75. The van der Waals surface area contributed by atoms with E-state index in [4.69, 9.17) is 11.6 Å². The number of halogens is 1. The van der Waals surface area contributed by atoms with E-state index in [-0.39, 0.29) is 11.3 Å². The highest BCUT2D eigenvalue weighted by molar-refractivity contribution is 6.29. The molecule has 2 saturated heterocycles. The van der Waals surface area contributed by atoms with Crippen LogP contribution in [0.3, 0.4) is 0 Å². The van der Waals surface area contributed by atoms with Crippen LogP contribution in [0.4, 0.5) is 0 Å². The summed E-state index contributed by atoms with van der Waals surface area (Å²) in [5, 5.41) is 6.79. The number of aliphatic imine (C=N–C) groups is 1. The fourth-order valence-corrected chi connectivity index (χ4v) is 3.08. The first kappa shape index (κ1) is 15.2. The van der Waals surface area contributed by atoms with Crippen molar-refractivity contribution in [2.45, 2.75) is 26.2 Å². The van der Waals surface area contributed by atoms with Gasteiger partial charge in [-0.25, -0.2) is 4.99 Å². The molecule has 2 aliphatic rings. The maximum Gasteiger partial charge on any atom is 0.220 e. The molecule has 0 aromatic rings. The van der Waals surface area contributed by atoms with Gasteiger partial charge in [0, 0.05) is 43.0 Å². The highest BCUT2D eigenvalue weighted by Gasteiger charge is 2.42. The molecule has 2 fully saturated rings. The smallest absolute Gasteiger partial charge is 0.220 e. The van der Waals surface area contributed by atoms with Crippen molar-refractivity contribution < 1.29 is 4.79 Å². The number of nitrogens with one attached hydrogen (secondary N) is 2. The van der Waals surface area contributed by atoms with Crippen molar-refractivity contribution in [2.75, 3.05) is 32.7 Å². The van der Waals surface area contributed by atoms with Crippen LogP contribution in [-0.2, 0) is 4.79 Å². The highest BCUT2D eigenvalue weighted by Crippen LogP contribution is 2.35. The number of rotatable bonds is 3. The van der Waals surface area contributed by atoms with E-state index in [9.17, 15) is 4.79 Å². The maximum atomic E-state index is 11.5. The van der Waals surface area contributed by atoms with Gasteiger partial charge in [-0.05, 0) is 19.8 Å². The zero-order valence-electron chi connectivity index (χ0n) is 12.0. The van der Waals surface area contributed by atoms with Crippen molar-refractivity contribution in [1.82, 2.24) is 15.5 Å². The standard InChI is InChI=1S/C14H23ClN4O/c1-3-16-13(17-8-11(2)15)19-6-4-5-14(10-19)7-12(20)18-9-14/h2-10H2,1H3,(H,16,17)(H,18,20). The Morgan fingerprint density at radius 1 is 1.65 bits per heavy atom. The van der Waals surface area contributed by atoms with Crippen LogP contribution in [0.1, 0.15) is 26.2 Å². The molecule has 1 amide bonds. The maximum absolute atomic E-state index is 11.5. The van der Waals surface area contributed by atoms with Gasteiger partial charge in [0.1, 0.15) is 0 Å². The van der Waals surface area contributed by atoms with Gasteiger partial charge >= 0.3 is 0 Å². The number of hydrogen-bond donors (Lipinski definition) is 2. The Labute approximate surface area is 125 Å². The van der Waals surface area contributed by atoms with Crippen LogP contribution >= 0.6 is 11.6 Å². The van der Waals surface area contributed by atoms with E-state index in [2.05, 4.69) is 27.1 Å². The van der Waals surface area contributed by atoms with E-state index < -0.39 is 0 Å². The van der Waals surface area contributed by atoms with E-state index in [1.54, 1.807) is 0 Å². The number of amides is 1. The predicted molar refractivity (Wildman–Crippen MR) is 81.8 cm³/mol. The molecule has 20 heavy (non-hydrogen) atoms. The van der Waals surface area contributed by atoms with Gasteiger partial charge in [0.25, 0.3) is 0 Å². The van der Waals surface area contributed by atoms with Crippen LogP contribution in [0.25, 0.3) is 0 Å². The topological polar surface area (TPSA) is 56.7 Å². The summed E-state index contributed by atoms with van der Waals surface area (Å²) in [4.78, 5) is 18.3. The minimum atomic E-state index is 0.0729. The monoisotopic (exact) mass is 298 g/mol. The normalized spacial score (nSPS) is 26.8. The quantitative estimate of drug-likeness (QED) is 0.610. The van der Waals surface area contributed by atoms with Gasteiger partial charge in [-0.2, -0.15) is 0 Å². The molecule has 0 bridgehead atoms. The molecule has 112 valence electrons. The Morgan fingerprint density at radius 2 is 2.45 bits per heavy atom. The molecule has 0 saturated carbocycles. The zero-order chi connectivity index (χ0) is 14.6. The summed E-state index contributed by atoms with van der Waals surface area (Å²) in [6.45, 7) is 9.57. The Bertz CT molecular complexity index is 423. The summed E-state index contributed by atoms with van der Waals surface area (Å²) < 4.78 is 0. The van der Waals surface area contributed by atoms with Crippen molar-refractivity contribution in [3.8, 4) is 0 Å². The molecular formula is C14H23ClN4O. The molecule has 2 heterocycles. The Balaban J connectivity index is 2.07. The molecule has 1 atom stereocenters. The van der Waals surface area contributed by atoms with E-state index in [0.29, 0.717) is 18.0 Å². The summed E-state index contributed by atoms with van der Waals surface area (Å²) >= 11 is 5.80. The molecule has 5 nitrogen and oxygen atoms in total. The van der Waals surface area contributed by atoms with Gasteiger partial charge in [0.05, 0.1) is 6.54 Å². The van der Waals surface area contributed by atoms with Gasteiger partial charge in [0.15, 0.2) is 5.96 Å². The number of likely N-dealkylation sites (tertiary alicyclic amines) is 1. The molecule has 2 aliphatic heterocycles. The van der Waals surface area contributed by atoms with Crippen LogP contribution < -0.4 is 10.6 Å². The second-order valence-corrected chi connectivity index (χ2v) is 6.20. The number of carbonyl (C=O) groups is 1. The molecular weight excluding hydrogens is 276 g/mol. The molecule has 0 radical (unpaired) electrons. The first-order valence-corrected chi connectivity index (χ1v) is 7.56. The lowest BCUT2D eigenvalue weighted by molar-refractivity contribution is -0.119. The molecule has 0 aromatic carbocycles. The van der Waals surface area contributed by atoms with E-state index >= 15 is 0 Å². The van der Waals surface area contributed by atoms with Gasteiger partial charge in [-0.1, -0.05) is 18.2 Å². The van der Waals surface area contributed by atoms with Crippen LogP contribution in [0.15, 0.2) is 16.6 Å². The minimum absolute atomic E-state index is 0.0729. The molecule has 1 spiro atoms. The summed E-state index contributed by atoms with van der Waals surface area (Å²) in [5.41, 5.74) is 0.0729. The molecule has 2 rings (SSSR count). The van der Waals surface area contributed by atoms with Gasteiger partial charge in [0.2, 0.25) is 5.91 Å². The van der Waals surface area contributed by atoms with Crippen molar-refractivity contribution in [3.63, 3.8) is 0 Å². The fraction of sp³-hybridized carbons (Fsp3) is 0.714. The van der Waals surface area contributed by atoms with Crippen molar-refractivity contribution in [1.29, 1.82) is 0 Å². The first-order valence-electron chi connectivity index (χ1n) is 7.18. The summed E-state index contributed by atoms with van der Waals surface area (Å²) in [5.74, 6) is 1.04. The van der Waals surface area contributed by atoms with Crippen LogP contribution in [0, 0.1) is 5.41 Å². The third-order valence-corrected chi connectivity index (χ3v) is 4.01. The zero-order valence-corrected chi connectivity index (χ0v) is 12.8. The Kier molecular flexibility index (Phi) is 4.91. The van der Waals surface area contributed by atoms with Gasteiger partial charge < -0.3 is 15.5 Å². The Hall–Kier alpha value is -1.23. The molecule has 2 N–H and O–H groups in total. The minimum Gasteiger partial charge on any atom is -0.357 e. The predicted octanol–water partition coefficient (Wildman–Crippen LogP) is 1.31. The van der Waals surface area contributed by atoms with Crippen LogP contribution in [-0.4, -0.2) is 49.5 Å². The van der Waals surface area contributed by atoms with Gasteiger partial charge in [-0.15, -0.1) is 0 Å².